The number of fused-ring (bicyclic) bond motifs is 1. The van der Waals surface area contributed by atoms with Gasteiger partial charge in [0.25, 0.3) is 0 Å². The number of rotatable bonds is 2. The summed E-state index contributed by atoms with van der Waals surface area (Å²) < 4.78 is 7.16. The van der Waals surface area contributed by atoms with Crippen LogP contribution in [0.4, 0.5) is 11.4 Å². The molecule has 2 aromatic rings. The van der Waals surface area contributed by atoms with Gasteiger partial charge in [-0.1, -0.05) is 28.1 Å². The fourth-order valence-electron chi connectivity index (χ4n) is 2.70. The number of hydrogen-bond acceptors (Lipinski definition) is 3. The maximum absolute atomic E-state index is 6.06. The molecule has 0 radical (unpaired) electrons. The first-order valence-electron chi connectivity index (χ1n) is 7.01. The van der Waals surface area contributed by atoms with Crippen molar-refractivity contribution in [1.29, 1.82) is 0 Å². The van der Waals surface area contributed by atoms with E-state index in [1.165, 1.54) is 5.56 Å². The second kappa shape index (κ2) is 5.26. The van der Waals surface area contributed by atoms with E-state index >= 15 is 0 Å². The lowest BCUT2D eigenvalue weighted by Crippen LogP contribution is -2.46. The van der Waals surface area contributed by atoms with E-state index in [0.29, 0.717) is 0 Å². The lowest BCUT2D eigenvalue weighted by atomic mass is 10.0. The van der Waals surface area contributed by atoms with Crippen molar-refractivity contribution in [2.45, 2.75) is 26.0 Å². The molecule has 21 heavy (non-hydrogen) atoms. The summed E-state index contributed by atoms with van der Waals surface area (Å²) in [5.41, 5.74) is 8.77. The number of ether oxygens (including phenoxy) is 1. The standard InChI is InChI=1S/C17H19BrN2O/c1-17(2)11-20(10-12-3-5-13(18)6-4-12)15-8-7-14(19)9-16(15)21-17/h3-9H,10-11,19H2,1-2H3. The minimum Gasteiger partial charge on any atom is -0.484 e. The molecule has 0 bridgehead atoms. The molecule has 1 heterocycles. The number of anilines is 2. The molecule has 0 aromatic heterocycles. The van der Waals surface area contributed by atoms with Crippen molar-refractivity contribution in [3.05, 3.63) is 52.5 Å². The second-order valence-corrected chi connectivity index (χ2v) is 6.99. The Labute approximate surface area is 133 Å². The summed E-state index contributed by atoms with van der Waals surface area (Å²) in [6.45, 7) is 5.92. The lowest BCUT2D eigenvalue weighted by Gasteiger charge is -2.41. The molecule has 0 amide bonds. The van der Waals surface area contributed by atoms with Crippen LogP contribution in [0.25, 0.3) is 0 Å². The highest BCUT2D eigenvalue weighted by Gasteiger charge is 2.31. The SMILES string of the molecule is CC1(C)CN(Cc2ccc(Br)cc2)c2ccc(N)cc2O1. The molecule has 2 N–H and O–H groups in total. The first-order valence-corrected chi connectivity index (χ1v) is 7.80. The van der Waals surface area contributed by atoms with Gasteiger partial charge in [-0.25, -0.2) is 0 Å². The van der Waals surface area contributed by atoms with E-state index in [9.17, 15) is 0 Å². The van der Waals surface area contributed by atoms with E-state index in [1.807, 2.05) is 18.2 Å². The topological polar surface area (TPSA) is 38.5 Å². The van der Waals surface area contributed by atoms with Crippen LogP contribution in [0.1, 0.15) is 19.4 Å². The van der Waals surface area contributed by atoms with Gasteiger partial charge in [0.2, 0.25) is 0 Å². The summed E-state index contributed by atoms with van der Waals surface area (Å²) >= 11 is 3.47. The Balaban J connectivity index is 1.93. The fraction of sp³-hybridized carbons (Fsp3) is 0.294. The largest absolute Gasteiger partial charge is 0.484 e. The Bertz CT molecular complexity index is 652. The third kappa shape index (κ3) is 3.16. The summed E-state index contributed by atoms with van der Waals surface area (Å²) in [5.74, 6) is 0.864. The molecule has 0 fully saturated rings. The smallest absolute Gasteiger partial charge is 0.145 e. The number of hydrogen-bond donors (Lipinski definition) is 1. The van der Waals surface area contributed by atoms with Gasteiger partial charge in [-0.3, -0.25) is 0 Å². The van der Waals surface area contributed by atoms with Crippen molar-refractivity contribution in [3.8, 4) is 5.75 Å². The number of nitrogen functional groups attached to an aromatic ring is 1. The van der Waals surface area contributed by atoms with Crippen molar-refractivity contribution in [3.63, 3.8) is 0 Å². The molecule has 0 saturated carbocycles. The highest BCUT2D eigenvalue weighted by Crippen LogP contribution is 2.39. The zero-order chi connectivity index (χ0) is 15.0. The molecular weight excluding hydrogens is 328 g/mol. The van der Waals surface area contributed by atoms with Crippen LogP contribution in [0.3, 0.4) is 0 Å². The molecule has 0 aliphatic carbocycles. The molecular formula is C17H19BrN2O. The first-order chi connectivity index (χ1) is 9.93. The van der Waals surface area contributed by atoms with E-state index in [4.69, 9.17) is 10.5 Å². The van der Waals surface area contributed by atoms with Crippen LogP contribution in [0.15, 0.2) is 46.9 Å². The van der Waals surface area contributed by atoms with Crippen LogP contribution >= 0.6 is 15.9 Å². The molecule has 0 spiro atoms. The average molecular weight is 347 g/mol. The average Bonchev–Trinajstić information content (AvgIpc) is 2.39. The molecule has 1 aliphatic rings. The molecule has 0 atom stereocenters. The summed E-state index contributed by atoms with van der Waals surface area (Å²) in [5, 5.41) is 0. The Hall–Kier alpha value is -1.68. The Morgan fingerprint density at radius 3 is 2.62 bits per heavy atom. The van der Waals surface area contributed by atoms with E-state index in [0.717, 1.165) is 34.7 Å². The van der Waals surface area contributed by atoms with E-state index in [-0.39, 0.29) is 5.60 Å². The molecule has 110 valence electrons. The normalized spacial score (nSPS) is 16.2. The second-order valence-electron chi connectivity index (χ2n) is 6.07. The third-order valence-electron chi connectivity index (χ3n) is 3.57. The molecule has 3 nitrogen and oxygen atoms in total. The van der Waals surface area contributed by atoms with Gasteiger partial charge in [0.15, 0.2) is 0 Å². The lowest BCUT2D eigenvalue weighted by molar-refractivity contribution is 0.104. The monoisotopic (exact) mass is 346 g/mol. The van der Waals surface area contributed by atoms with Gasteiger partial charge in [0, 0.05) is 22.8 Å². The quantitative estimate of drug-likeness (QED) is 0.827. The van der Waals surface area contributed by atoms with E-state index in [2.05, 4.69) is 58.9 Å². The third-order valence-corrected chi connectivity index (χ3v) is 4.10. The first kappa shape index (κ1) is 14.3. The van der Waals surface area contributed by atoms with Crippen LogP contribution in [0.5, 0.6) is 5.75 Å². The maximum atomic E-state index is 6.06. The van der Waals surface area contributed by atoms with Gasteiger partial charge in [-0.05, 0) is 43.7 Å². The minimum atomic E-state index is -0.226. The maximum Gasteiger partial charge on any atom is 0.145 e. The van der Waals surface area contributed by atoms with E-state index in [1.54, 1.807) is 0 Å². The van der Waals surface area contributed by atoms with Crippen molar-refractivity contribution >= 4 is 27.3 Å². The van der Waals surface area contributed by atoms with Crippen molar-refractivity contribution in [2.75, 3.05) is 17.2 Å². The van der Waals surface area contributed by atoms with Crippen molar-refractivity contribution in [2.24, 2.45) is 0 Å². The minimum absolute atomic E-state index is 0.226. The zero-order valence-corrected chi connectivity index (χ0v) is 13.9. The fourth-order valence-corrected chi connectivity index (χ4v) is 2.96. The van der Waals surface area contributed by atoms with Crippen LogP contribution in [-0.4, -0.2) is 12.1 Å². The predicted octanol–water partition coefficient (Wildman–Crippen LogP) is 4.21. The van der Waals surface area contributed by atoms with Gasteiger partial charge in [0.05, 0.1) is 12.2 Å². The van der Waals surface area contributed by atoms with Crippen LogP contribution in [0.2, 0.25) is 0 Å². The zero-order valence-electron chi connectivity index (χ0n) is 12.3. The summed E-state index contributed by atoms with van der Waals surface area (Å²) in [6, 6.07) is 14.3. The van der Waals surface area contributed by atoms with Crippen LogP contribution in [0, 0.1) is 0 Å². The van der Waals surface area contributed by atoms with Gasteiger partial charge < -0.3 is 15.4 Å². The summed E-state index contributed by atoms with van der Waals surface area (Å²) in [4.78, 5) is 2.35. The molecule has 4 heteroatoms. The molecule has 0 unspecified atom stereocenters. The summed E-state index contributed by atoms with van der Waals surface area (Å²) in [7, 11) is 0. The molecule has 3 rings (SSSR count). The Morgan fingerprint density at radius 1 is 1.19 bits per heavy atom. The van der Waals surface area contributed by atoms with Crippen molar-refractivity contribution < 1.29 is 4.74 Å². The number of nitrogens with zero attached hydrogens (tertiary/aromatic N) is 1. The van der Waals surface area contributed by atoms with Crippen molar-refractivity contribution in [1.82, 2.24) is 0 Å². The summed E-state index contributed by atoms with van der Waals surface area (Å²) in [6.07, 6.45) is 0. The molecule has 2 aromatic carbocycles. The number of benzene rings is 2. The highest BCUT2D eigenvalue weighted by atomic mass is 79.9. The van der Waals surface area contributed by atoms with E-state index < -0.39 is 0 Å². The van der Waals surface area contributed by atoms with Gasteiger partial charge >= 0.3 is 0 Å². The molecule has 0 saturated heterocycles. The Kier molecular flexibility index (Phi) is 3.57. The van der Waals surface area contributed by atoms with Crippen LogP contribution < -0.4 is 15.4 Å². The van der Waals surface area contributed by atoms with Crippen LogP contribution in [-0.2, 0) is 6.54 Å². The number of halogens is 1. The molecule has 1 aliphatic heterocycles. The highest BCUT2D eigenvalue weighted by molar-refractivity contribution is 9.10. The number of nitrogens with two attached hydrogens (primary N) is 1. The Morgan fingerprint density at radius 2 is 1.90 bits per heavy atom. The van der Waals surface area contributed by atoms with Gasteiger partial charge in [-0.15, -0.1) is 0 Å². The predicted molar refractivity (Wildman–Crippen MR) is 90.8 cm³/mol. The van der Waals surface area contributed by atoms with Gasteiger partial charge in [-0.2, -0.15) is 0 Å². The van der Waals surface area contributed by atoms with Gasteiger partial charge in [0.1, 0.15) is 11.4 Å².